The molecule has 3 aliphatic carbocycles. The highest BCUT2D eigenvalue weighted by molar-refractivity contribution is 7.92. The molecule has 8 atom stereocenters. The lowest BCUT2D eigenvalue weighted by molar-refractivity contribution is 0.0131. The van der Waals surface area contributed by atoms with Crippen LogP contribution in [0, 0.1) is 17.8 Å². The number of fused-ring (bicyclic) bond motifs is 4. The second kappa shape index (κ2) is 14.4. The van der Waals surface area contributed by atoms with Crippen LogP contribution in [0.4, 0.5) is 10.5 Å². The smallest absolute Gasteiger partial charge is 0.327 e. The lowest BCUT2D eigenvalue weighted by atomic mass is 9.68. The lowest BCUT2D eigenvalue weighted by Gasteiger charge is -2.46. The Morgan fingerprint density at radius 1 is 1.19 bits per heavy atom. The van der Waals surface area contributed by atoms with Gasteiger partial charge in [-0.15, -0.1) is 4.36 Å². The second-order valence-corrected chi connectivity index (χ2v) is 18.4. The van der Waals surface area contributed by atoms with E-state index >= 15 is 0 Å². The van der Waals surface area contributed by atoms with Gasteiger partial charge in [-0.2, -0.15) is 5.10 Å². The summed E-state index contributed by atoms with van der Waals surface area (Å²) in [5, 5.41) is 7.92. The number of benzene rings is 2. The van der Waals surface area contributed by atoms with Crippen LogP contribution in [0.25, 0.3) is 0 Å². The van der Waals surface area contributed by atoms with Crippen LogP contribution in [0.3, 0.4) is 0 Å². The Kier molecular flexibility index (Phi) is 9.82. The molecule has 2 aromatic carbocycles. The fourth-order valence-electron chi connectivity index (χ4n) is 9.06. The number of methoxy groups -OCH3 is 1. The predicted octanol–water partition coefficient (Wildman–Crippen LogP) is 6.56. The summed E-state index contributed by atoms with van der Waals surface area (Å²) in [5.74, 6) is 0.823. The molecule has 5 aliphatic rings. The number of halogens is 1. The van der Waals surface area contributed by atoms with Crippen molar-refractivity contribution in [1.82, 2.24) is 19.8 Å². The van der Waals surface area contributed by atoms with Gasteiger partial charge in [0.1, 0.15) is 15.7 Å². The van der Waals surface area contributed by atoms with E-state index in [1.165, 1.54) is 11.1 Å². The minimum Gasteiger partial charge on any atom is -0.490 e. The van der Waals surface area contributed by atoms with Gasteiger partial charge in [0.25, 0.3) is 5.91 Å². The maximum absolute atomic E-state index is 14.6. The van der Waals surface area contributed by atoms with Gasteiger partial charge in [0.2, 0.25) is 0 Å². The molecule has 13 heteroatoms. The first-order chi connectivity index (χ1) is 25.5. The molecule has 8 rings (SSSR count). The molecule has 2 N–H and O–H groups in total. The zero-order chi connectivity index (χ0) is 36.9. The van der Waals surface area contributed by atoms with Crippen molar-refractivity contribution in [3.05, 3.63) is 88.2 Å². The molecule has 2 bridgehead atoms. The molecule has 3 heterocycles. The molecule has 3 aromatic rings. The summed E-state index contributed by atoms with van der Waals surface area (Å²) in [6.07, 6.45) is 14.4. The number of hydrogen-bond acceptors (Lipinski definition) is 7. The van der Waals surface area contributed by atoms with Crippen molar-refractivity contribution in [2.24, 2.45) is 29.2 Å². The Hall–Kier alpha value is -3.87. The summed E-state index contributed by atoms with van der Waals surface area (Å²) in [6, 6.07) is 10.9. The Morgan fingerprint density at radius 3 is 2.83 bits per heavy atom. The molecular formula is C40H49ClN6O5S. The fraction of sp³-hybridized carbons (Fsp3) is 0.525. The van der Waals surface area contributed by atoms with E-state index in [-0.39, 0.29) is 35.1 Å². The summed E-state index contributed by atoms with van der Waals surface area (Å²) < 4.78 is 36.0. The summed E-state index contributed by atoms with van der Waals surface area (Å²) in [4.78, 5) is 29.8. The average molecular weight is 761 g/mol. The molecule has 2 saturated carbocycles. The van der Waals surface area contributed by atoms with Gasteiger partial charge in [-0.25, -0.2) is 9.00 Å². The van der Waals surface area contributed by atoms with Gasteiger partial charge in [0.15, 0.2) is 0 Å². The van der Waals surface area contributed by atoms with Crippen LogP contribution in [-0.2, 0) is 33.5 Å². The number of urea groups is 1. The Balaban J connectivity index is 1.13. The Morgan fingerprint density at radius 2 is 2.06 bits per heavy atom. The Labute approximate surface area is 317 Å². The molecular weight excluding hydrogens is 712 g/mol. The standard InChI is InChI=1S/C40H49ClN6O5S/c1-25-6-4-8-36(51-3)31-12-9-28(31)21-47-23-40(15-5-7-26-16-30(41)11-13-33(26)40)24-52-37-14-10-27(17-35(37)47)38(48)44-53(50,22-25)45-39(49)43-34-18-32(34)29-19-42-46(2)20-29/h4,8,10-11,13-14,16-17,19-20,25,28,31-32,34,36H,5-7,9,12,15,18,21-24H2,1-3H3,(H2,43,44,45,48,49,50)/b8-4+/t25-,28-,31+,32?,34+,36-,40-,53-/m0/s1. The van der Waals surface area contributed by atoms with Crippen LogP contribution in [0.15, 0.2) is 65.3 Å². The summed E-state index contributed by atoms with van der Waals surface area (Å²) in [7, 11) is 0.112. The van der Waals surface area contributed by atoms with Crippen LogP contribution in [0.2, 0.25) is 5.02 Å². The van der Waals surface area contributed by atoms with Crippen LogP contribution in [0.5, 0.6) is 5.75 Å². The fourth-order valence-corrected chi connectivity index (χ4v) is 11.1. The minimum atomic E-state index is -3.51. The number of aryl methyl sites for hydroxylation is 2. The normalized spacial score (nSPS) is 32.9. The van der Waals surface area contributed by atoms with Gasteiger partial charge in [0, 0.05) is 61.4 Å². The molecule has 282 valence electrons. The van der Waals surface area contributed by atoms with Crippen molar-refractivity contribution in [3.8, 4) is 5.75 Å². The number of rotatable bonds is 4. The molecule has 0 saturated heterocycles. The largest absolute Gasteiger partial charge is 0.490 e. The number of anilines is 1. The van der Waals surface area contributed by atoms with Crippen molar-refractivity contribution in [1.29, 1.82) is 0 Å². The van der Waals surface area contributed by atoms with E-state index in [0.29, 0.717) is 36.2 Å². The molecule has 2 aliphatic heterocycles. The topological polar surface area (TPSA) is 127 Å². The van der Waals surface area contributed by atoms with E-state index < -0.39 is 21.9 Å². The van der Waals surface area contributed by atoms with Crippen LogP contribution in [0.1, 0.15) is 78.4 Å². The van der Waals surface area contributed by atoms with Crippen molar-refractivity contribution in [2.45, 2.75) is 75.3 Å². The van der Waals surface area contributed by atoms with Gasteiger partial charge >= 0.3 is 6.03 Å². The molecule has 1 spiro atoms. The van der Waals surface area contributed by atoms with Crippen LogP contribution < -0.4 is 19.7 Å². The number of amides is 3. The number of carbonyl (C=O) groups is 2. The van der Waals surface area contributed by atoms with Gasteiger partial charge in [-0.3, -0.25) is 14.2 Å². The van der Waals surface area contributed by atoms with Gasteiger partial charge in [-0.1, -0.05) is 36.7 Å². The lowest BCUT2D eigenvalue weighted by Crippen LogP contribution is -2.49. The van der Waals surface area contributed by atoms with Gasteiger partial charge in [0.05, 0.1) is 30.3 Å². The number of ether oxygens (including phenoxy) is 2. The van der Waals surface area contributed by atoms with Crippen molar-refractivity contribution >= 4 is 39.1 Å². The number of aromatic nitrogens is 2. The van der Waals surface area contributed by atoms with E-state index in [4.69, 9.17) is 21.1 Å². The molecule has 11 nitrogen and oxygen atoms in total. The van der Waals surface area contributed by atoms with Crippen molar-refractivity contribution in [3.63, 3.8) is 0 Å². The highest BCUT2D eigenvalue weighted by Gasteiger charge is 2.45. The molecule has 0 radical (unpaired) electrons. The first-order valence-electron chi connectivity index (χ1n) is 18.9. The average Bonchev–Trinajstić information content (AvgIpc) is 3.76. The monoisotopic (exact) mass is 760 g/mol. The predicted molar refractivity (Wildman–Crippen MR) is 206 cm³/mol. The van der Waals surface area contributed by atoms with Crippen LogP contribution in [-0.4, -0.2) is 70.6 Å². The zero-order valence-electron chi connectivity index (χ0n) is 30.6. The van der Waals surface area contributed by atoms with E-state index in [0.717, 1.165) is 67.9 Å². The second-order valence-electron chi connectivity index (χ2n) is 15.9. The van der Waals surface area contributed by atoms with Crippen molar-refractivity contribution in [2.75, 3.05) is 37.5 Å². The van der Waals surface area contributed by atoms with E-state index in [2.05, 4.69) is 48.7 Å². The molecule has 3 amide bonds. The number of nitrogens with one attached hydrogen (secondary N) is 2. The number of allylic oxidation sites excluding steroid dienone is 1. The maximum atomic E-state index is 14.6. The first kappa shape index (κ1) is 36.1. The highest BCUT2D eigenvalue weighted by Crippen LogP contribution is 2.47. The van der Waals surface area contributed by atoms with Crippen molar-refractivity contribution < 1.29 is 23.3 Å². The van der Waals surface area contributed by atoms with Gasteiger partial charge in [-0.05, 0) is 110 Å². The molecule has 53 heavy (non-hydrogen) atoms. The van der Waals surface area contributed by atoms with E-state index in [1.807, 2.05) is 38.4 Å². The maximum Gasteiger partial charge on any atom is 0.327 e. The number of carbonyl (C=O) groups excluding carboxylic acids is 2. The molecule has 1 unspecified atom stereocenters. The van der Waals surface area contributed by atoms with Crippen LogP contribution >= 0.6 is 11.6 Å². The third kappa shape index (κ3) is 7.47. The third-order valence-electron chi connectivity index (χ3n) is 12.0. The number of hydrogen-bond donors (Lipinski definition) is 2. The molecule has 2 fully saturated rings. The number of nitrogens with zero attached hydrogens (tertiary/aromatic N) is 4. The third-order valence-corrected chi connectivity index (χ3v) is 14.2. The summed E-state index contributed by atoms with van der Waals surface area (Å²) in [6.45, 7) is 3.97. The Bertz CT molecular complexity index is 2060. The van der Waals surface area contributed by atoms with E-state index in [9.17, 15) is 13.8 Å². The van der Waals surface area contributed by atoms with Gasteiger partial charge < -0.3 is 19.7 Å². The first-order valence-corrected chi connectivity index (χ1v) is 20.9. The minimum absolute atomic E-state index is 0.0169. The highest BCUT2D eigenvalue weighted by atomic mass is 35.5. The van der Waals surface area contributed by atoms with E-state index in [1.54, 1.807) is 24.1 Å². The summed E-state index contributed by atoms with van der Waals surface area (Å²) >= 11 is 6.47. The molecule has 1 aromatic heterocycles. The SMILES string of the molecule is CO[C@H]1/C=C/C[C@H](C)C[S@@](=O)(NC(=O)N[C@@H]2CC2c2cnn(C)c2)=NC(=O)c2ccc3c(c2)N(C[C@@H]2CC[C@H]21)C[C@@]1(CCCc2cc(Cl)ccc21)CO3. The summed E-state index contributed by atoms with van der Waals surface area (Å²) in [5.41, 5.74) is 4.45. The zero-order valence-corrected chi connectivity index (χ0v) is 32.2. The quantitative estimate of drug-likeness (QED) is 0.289.